The summed E-state index contributed by atoms with van der Waals surface area (Å²) in [5, 5.41) is 14.5. The van der Waals surface area contributed by atoms with Crippen LogP contribution in [0.1, 0.15) is 62.8 Å². The first-order chi connectivity index (χ1) is 16.1. The van der Waals surface area contributed by atoms with Crippen LogP contribution < -0.4 is 5.32 Å². The summed E-state index contributed by atoms with van der Waals surface area (Å²) in [6.45, 7) is 3.69. The number of carbonyl (C=O) groups is 1. The molecule has 2 fully saturated rings. The summed E-state index contributed by atoms with van der Waals surface area (Å²) in [4.78, 5) is 22.7. The molecular weight excluding hydrogens is 440 g/mol. The van der Waals surface area contributed by atoms with E-state index in [9.17, 15) is 4.79 Å². The minimum Gasteiger partial charge on any atom is -0.359 e. The van der Waals surface area contributed by atoms with E-state index in [1.807, 2.05) is 17.1 Å². The van der Waals surface area contributed by atoms with Gasteiger partial charge in [-0.15, -0.1) is 11.8 Å². The molecule has 3 atom stereocenters. The van der Waals surface area contributed by atoms with Gasteiger partial charge in [-0.05, 0) is 51.8 Å². The highest BCUT2D eigenvalue weighted by molar-refractivity contribution is 7.98. The highest BCUT2D eigenvalue weighted by Gasteiger charge is 2.50. The fourth-order valence-corrected chi connectivity index (χ4v) is 6.12. The zero-order valence-corrected chi connectivity index (χ0v) is 19.8. The quantitative estimate of drug-likeness (QED) is 0.455. The van der Waals surface area contributed by atoms with Gasteiger partial charge in [0.05, 0.1) is 24.2 Å². The first-order valence-corrected chi connectivity index (χ1v) is 13.0. The van der Waals surface area contributed by atoms with Crippen LogP contribution >= 0.6 is 11.8 Å². The van der Waals surface area contributed by atoms with Crippen molar-refractivity contribution in [2.24, 2.45) is 0 Å². The van der Waals surface area contributed by atoms with Crippen LogP contribution in [0.4, 0.5) is 0 Å². The minimum atomic E-state index is -0.992. The smallest absolute Gasteiger partial charge is 0.186 e. The van der Waals surface area contributed by atoms with E-state index in [4.69, 9.17) is 19.2 Å². The van der Waals surface area contributed by atoms with Gasteiger partial charge in [-0.25, -0.2) is 14.6 Å². The zero-order chi connectivity index (χ0) is 22.6. The second-order valence-electron chi connectivity index (χ2n) is 9.22. The molecule has 2 aliphatic heterocycles. The number of ketones is 1. The van der Waals surface area contributed by atoms with Crippen molar-refractivity contribution < 1.29 is 14.1 Å². The fourth-order valence-electron chi connectivity index (χ4n) is 5.57. The number of ether oxygens (including phenoxy) is 1. The molecule has 0 bridgehead atoms. The number of rotatable bonds is 4. The minimum absolute atomic E-state index is 0.0922. The largest absolute Gasteiger partial charge is 0.359 e. The molecule has 9 nitrogen and oxygen atoms in total. The Labute approximate surface area is 196 Å². The first-order valence-electron chi connectivity index (χ1n) is 11.8. The molecule has 1 N–H and O–H groups in total. The number of aromatic nitrogens is 5. The van der Waals surface area contributed by atoms with Gasteiger partial charge in [0, 0.05) is 24.4 Å². The molecule has 1 saturated heterocycles. The fraction of sp³-hybridized carbons (Fsp3) is 0.609. The van der Waals surface area contributed by atoms with Gasteiger partial charge in [-0.3, -0.25) is 4.79 Å². The summed E-state index contributed by atoms with van der Waals surface area (Å²) < 4.78 is 13.9. The van der Waals surface area contributed by atoms with Crippen molar-refractivity contribution >= 4 is 28.6 Å². The van der Waals surface area contributed by atoms with Crippen molar-refractivity contribution in [2.45, 2.75) is 74.6 Å². The first kappa shape index (κ1) is 21.2. The third-order valence-corrected chi connectivity index (χ3v) is 8.08. The SMILES string of the molecule is CSc1nc(-c2noc3c2CCOC32CCCCC2=O)nc2c1cnn2[C@@H](C)[C@@H]1CCCN1. The molecule has 3 aromatic rings. The molecule has 174 valence electrons. The third kappa shape index (κ3) is 3.25. The van der Waals surface area contributed by atoms with Gasteiger partial charge in [-0.2, -0.15) is 5.10 Å². The maximum atomic E-state index is 12.9. The average molecular weight is 469 g/mol. The Balaban J connectivity index is 1.47. The zero-order valence-electron chi connectivity index (χ0n) is 19.0. The van der Waals surface area contributed by atoms with E-state index in [0.29, 0.717) is 49.2 Å². The Morgan fingerprint density at radius 3 is 2.97 bits per heavy atom. The maximum absolute atomic E-state index is 12.9. The number of hydrogen-bond donors (Lipinski definition) is 1. The molecule has 1 saturated carbocycles. The summed E-state index contributed by atoms with van der Waals surface area (Å²) in [7, 11) is 0. The van der Waals surface area contributed by atoms with Gasteiger partial charge in [0.25, 0.3) is 0 Å². The lowest BCUT2D eigenvalue weighted by Crippen LogP contribution is -2.44. The lowest BCUT2D eigenvalue weighted by atomic mass is 9.78. The lowest BCUT2D eigenvalue weighted by molar-refractivity contribution is -0.157. The van der Waals surface area contributed by atoms with E-state index in [-0.39, 0.29) is 11.8 Å². The van der Waals surface area contributed by atoms with Crippen LogP contribution in [0, 0.1) is 0 Å². The number of carbonyl (C=O) groups excluding carboxylic acids is 1. The van der Waals surface area contributed by atoms with Crippen LogP contribution in [-0.4, -0.2) is 56.1 Å². The molecule has 0 amide bonds. The van der Waals surface area contributed by atoms with Crippen LogP contribution in [0.3, 0.4) is 0 Å². The Morgan fingerprint density at radius 1 is 1.27 bits per heavy atom. The lowest BCUT2D eigenvalue weighted by Gasteiger charge is -2.36. The number of nitrogens with one attached hydrogen (secondary N) is 1. The van der Waals surface area contributed by atoms with Crippen LogP contribution in [0.2, 0.25) is 0 Å². The summed E-state index contributed by atoms with van der Waals surface area (Å²) >= 11 is 1.57. The van der Waals surface area contributed by atoms with Crippen molar-refractivity contribution in [3.05, 3.63) is 17.5 Å². The maximum Gasteiger partial charge on any atom is 0.186 e. The molecule has 1 aliphatic carbocycles. The van der Waals surface area contributed by atoms with E-state index in [1.165, 1.54) is 6.42 Å². The monoisotopic (exact) mass is 468 g/mol. The van der Waals surface area contributed by atoms with Crippen molar-refractivity contribution in [3.63, 3.8) is 0 Å². The number of nitrogens with zero attached hydrogens (tertiary/aromatic N) is 5. The molecule has 3 aliphatic rings. The molecule has 6 rings (SSSR count). The predicted octanol–water partition coefficient (Wildman–Crippen LogP) is 3.43. The van der Waals surface area contributed by atoms with E-state index in [0.717, 1.165) is 47.4 Å². The number of thioether (sulfide) groups is 1. The van der Waals surface area contributed by atoms with Crippen LogP contribution in [-0.2, 0) is 21.6 Å². The highest BCUT2D eigenvalue weighted by atomic mass is 32.2. The summed E-state index contributed by atoms with van der Waals surface area (Å²) in [6, 6.07) is 0.545. The molecule has 3 aromatic heterocycles. The Morgan fingerprint density at radius 2 is 2.18 bits per heavy atom. The number of Topliss-reactive ketones (excluding diaryl/α,β-unsaturated/α-hetero) is 1. The van der Waals surface area contributed by atoms with E-state index >= 15 is 0 Å². The van der Waals surface area contributed by atoms with E-state index < -0.39 is 5.60 Å². The molecule has 33 heavy (non-hydrogen) atoms. The molecule has 5 heterocycles. The van der Waals surface area contributed by atoms with Gasteiger partial charge in [0.2, 0.25) is 0 Å². The molecular formula is C23H28N6O3S. The van der Waals surface area contributed by atoms with Crippen molar-refractivity contribution in [1.82, 2.24) is 30.2 Å². The van der Waals surface area contributed by atoms with Crippen LogP contribution in [0.15, 0.2) is 15.7 Å². The Hall–Kier alpha value is -2.30. The second kappa shape index (κ2) is 8.18. The topological polar surface area (TPSA) is 108 Å². The Bertz CT molecular complexity index is 1220. The van der Waals surface area contributed by atoms with Crippen molar-refractivity contribution in [3.8, 4) is 11.5 Å². The molecule has 10 heteroatoms. The predicted molar refractivity (Wildman–Crippen MR) is 123 cm³/mol. The highest BCUT2D eigenvalue weighted by Crippen LogP contribution is 2.44. The van der Waals surface area contributed by atoms with Gasteiger partial charge in [-0.1, -0.05) is 5.16 Å². The number of hydrogen-bond acceptors (Lipinski definition) is 9. The summed E-state index contributed by atoms with van der Waals surface area (Å²) in [5.41, 5.74) is 1.33. The molecule has 1 spiro atoms. The molecule has 0 radical (unpaired) electrons. The van der Waals surface area contributed by atoms with Gasteiger partial charge < -0.3 is 14.6 Å². The van der Waals surface area contributed by atoms with Crippen LogP contribution in [0.25, 0.3) is 22.6 Å². The summed E-state index contributed by atoms with van der Waals surface area (Å²) in [5.74, 6) is 1.17. The standard InChI is InChI=1S/C23H28N6O3S/c1-13(16-6-5-10-24-16)29-21-15(12-25-29)22(33-2)27-20(26-21)18-14-8-11-31-23(19(14)32-28-18)9-4-3-7-17(23)30/h12-13,16,24H,3-11H2,1-2H3/t13-,16-,23?/m0/s1. The third-order valence-electron chi connectivity index (χ3n) is 7.38. The normalized spacial score (nSPS) is 26.2. The second-order valence-corrected chi connectivity index (χ2v) is 10.0. The van der Waals surface area contributed by atoms with Gasteiger partial charge in [0.15, 0.2) is 34.3 Å². The summed E-state index contributed by atoms with van der Waals surface area (Å²) in [6.07, 6.45) is 9.79. The van der Waals surface area contributed by atoms with E-state index in [1.54, 1.807) is 11.8 Å². The van der Waals surface area contributed by atoms with Gasteiger partial charge in [0.1, 0.15) is 5.03 Å². The molecule has 0 aromatic carbocycles. The van der Waals surface area contributed by atoms with Crippen LogP contribution in [0.5, 0.6) is 0 Å². The van der Waals surface area contributed by atoms with E-state index in [2.05, 4.69) is 22.5 Å². The molecule has 1 unspecified atom stereocenters. The number of fused-ring (bicyclic) bond motifs is 3. The Kier molecular flexibility index (Phi) is 5.26. The van der Waals surface area contributed by atoms with Gasteiger partial charge >= 0.3 is 0 Å². The van der Waals surface area contributed by atoms with Crippen molar-refractivity contribution in [2.75, 3.05) is 19.4 Å². The van der Waals surface area contributed by atoms with Crippen molar-refractivity contribution in [1.29, 1.82) is 0 Å². The average Bonchev–Trinajstić information content (AvgIpc) is 3.59.